The van der Waals surface area contributed by atoms with Gasteiger partial charge in [-0.15, -0.1) is 0 Å². The summed E-state index contributed by atoms with van der Waals surface area (Å²) in [7, 11) is 0. The molecule has 4 nitrogen and oxygen atoms in total. The van der Waals surface area contributed by atoms with E-state index in [0.717, 1.165) is 24.1 Å². The molecule has 1 aliphatic rings. The molecule has 1 fully saturated rings. The van der Waals surface area contributed by atoms with Gasteiger partial charge < -0.3 is 15.1 Å². The summed E-state index contributed by atoms with van der Waals surface area (Å²) in [6, 6.07) is 5.69. The molecule has 0 amide bonds. The Morgan fingerprint density at radius 2 is 2.05 bits per heavy atom. The zero-order valence-corrected chi connectivity index (χ0v) is 11.3. The van der Waals surface area contributed by atoms with E-state index in [9.17, 15) is 9.90 Å². The molecule has 1 saturated carbocycles. The molecule has 2 N–H and O–H groups in total. The van der Waals surface area contributed by atoms with Gasteiger partial charge in [0.15, 0.2) is 0 Å². The van der Waals surface area contributed by atoms with Gasteiger partial charge in [-0.1, -0.05) is 12.8 Å². The van der Waals surface area contributed by atoms with Crippen LogP contribution in [0.15, 0.2) is 18.2 Å². The molecule has 1 aromatic carbocycles. The van der Waals surface area contributed by atoms with Gasteiger partial charge in [0.25, 0.3) is 0 Å². The van der Waals surface area contributed by atoms with E-state index in [2.05, 4.69) is 4.90 Å². The van der Waals surface area contributed by atoms with Gasteiger partial charge in [0.1, 0.15) is 0 Å². The van der Waals surface area contributed by atoms with E-state index in [1.165, 1.54) is 12.8 Å². The Morgan fingerprint density at radius 3 is 2.58 bits per heavy atom. The first kappa shape index (κ1) is 13.9. The molecule has 1 aromatic rings. The van der Waals surface area contributed by atoms with E-state index in [4.69, 9.17) is 5.11 Å². The van der Waals surface area contributed by atoms with Gasteiger partial charge >= 0.3 is 5.97 Å². The SMILES string of the molecule is Cc1cc(C(=O)O)ccc1N(CCO)C1CCCC1. The third-order valence-electron chi connectivity index (χ3n) is 3.86. The molecule has 0 bridgehead atoms. The minimum Gasteiger partial charge on any atom is -0.478 e. The molecular weight excluding hydrogens is 242 g/mol. The second-order valence-corrected chi connectivity index (χ2v) is 5.16. The monoisotopic (exact) mass is 263 g/mol. The van der Waals surface area contributed by atoms with Gasteiger partial charge in [-0.25, -0.2) is 4.79 Å². The van der Waals surface area contributed by atoms with Crippen molar-refractivity contribution in [2.75, 3.05) is 18.1 Å². The van der Waals surface area contributed by atoms with Crippen LogP contribution in [-0.2, 0) is 0 Å². The average Bonchev–Trinajstić information content (AvgIpc) is 2.90. The molecule has 0 aliphatic heterocycles. The lowest BCUT2D eigenvalue weighted by Crippen LogP contribution is -2.36. The Bertz CT molecular complexity index is 453. The number of carboxylic acids is 1. The van der Waals surface area contributed by atoms with Crippen LogP contribution in [0.25, 0.3) is 0 Å². The number of aromatic carboxylic acids is 1. The third-order valence-corrected chi connectivity index (χ3v) is 3.86. The molecule has 4 heteroatoms. The highest BCUT2D eigenvalue weighted by Gasteiger charge is 2.23. The van der Waals surface area contributed by atoms with E-state index < -0.39 is 5.97 Å². The molecule has 0 spiro atoms. The maximum Gasteiger partial charge on any atom is 0.335 e. The number of benzene rings is 1. The van der Waals surface area contributed by atoms with Gasteiger partial charge in [-0.2, -0.15) is 0 Å². The quantitative estimate of drug-likeness (QED) is 0.856. The van der Waals surface area contributed by atoms with Crippen molar-refractivity contribution in [3.63, 3.8) is 0 Å². The van der Waals surface area contributed by atoms with E-state index in [1.54, 1.807) is 12.1 Å². The average molecular weight is 263 g/mol. The molecule has 0 radical (unpaired) electrons. The fourth-order valence-corrected chi connectivity index (χ4v) is 2.93. The van der Waals surface area contributed by atoms with Gasteiger partial charge in [-0.05, 0) is 43.5 Å². The van der Waals surface area contributed by atoms with E-state index in [1.807, 2.05) is 13.0 Å². The second kappa shape index (κ2) is 6.06. The van der Waals surface area contributed by atoms with Crippen LogP contribution in [0.3, 0.4) is 0 Å². The number of carboxylic acid groups (broad SMARTS) is 1. The number of hydrogen-bond donors (Lipinski definition) is 2. The van der Waals surface area contributed by atoms with E-state index in [-0.39, 0.29) is 6.61 Å². The minimum atomic E-state index is -0.899. The van der Waals surface area contributed by atoms with Crippen molar-refractivity contribution in [1.82, 2.24) is 0 Å². The molecular formula is C15H21NO3. The van der Waals surface area contributed by atoms with Crippen LogP contribution in [0.4, 0.5) is 5.69 Å². The summed E-state index contributed by atoms with van der Waals surface area (Å²) < 4.78 is 0. The highest BCUT2D eigenvalue weighted by Crippen LogP contribution is 2.30. The summed E-state index contributed by atoms with van der Waals surface area (Å²) in [6.07, 6.45) is 4.78. The number of anilines is 1. The Kier molecular flexibility index (Phi) is 4.43. The fourth-order valence-electron chi connectivity index (χ4n) is 2.93. The number of hydrogen-bond acceptors (Lipinski definition) is 3. The van der Waals surface area contributed by atoms with Crippen LogP contribution in [0.1, 0.15) is 41.6 Å². The van der Waals surface area contributed by atoms with Gasteiger partial charge in [0.05, 0.1) is 12.2 Å². The molecule has 0 heterocycles. The first-order chi connectivity index (χ1) is 9.13. The minimum absolute atomic E-state index is 0.122. The number of aryl methyl sites for hydroxylation is 1. The second-order valence-electron chi connectivity index (χ2n) is 5.16. The smallest absolute Gasteiger partial charge is 0.335 e. The molecule has 0 aromatic heterocycles. The molecule has 0 saturated heterocycles. The van der Waals surface area contributed by atoms with Crippen molar-refractivity contribution >= 4 is 11.7 Å². The van der Waals surface area contributed by atoms with Crippen molar-refractivity contribution in [2.45, 2.75) is 38.6 Å². The normalized spacial score (nSPS) is 15.7. The van der Waals surface area contributed by atoms with Gasteiger partial charge in [0.2, 0.25) is 0 Å². The van der Waals surface area contributed by atoms with Crippen LogP contribution in [0, 0.1) is 6.92 Å². The number of carbonyl (C=O) groups is 1. The number of aliphatic hydroxyl groups excluding tert-OH is 1. The standard InChI is InChI=1S/C15H21NO3/c1-11-10-12(15(18)19)6-7-14(11)16(8-9-17)13-4-2-3-5-13/h6-7,10,13,17H,2-5,8-9H2,1H3,(H,18,19). The highest BCUT2D eigenvalue weighted by atomic mass is 16.4. The van der Waals surface area contributed by atoms with Crippen molar-refractivity contribution in [3.8, 4) is 0 Å². The maximum absolute atomic E-state index is 11.0. The van der Waals surface area contributed by atoms with E-state index >= 15 is 0 Å². The fraction of sp³-hybridized carbons (Fsp3) is 0.533. The lowest BCUT2D eigenvalue weighted by atomic mass is 10.1. The Hall–Kier alpha value is -1.55. The van der Waals surface area contributed by atoms with Gasteiger partial charge in [-0.3, -0.25) is 0 Å². The summed E-state index contributed by atoms with van der Waals surface area (Å²) in [6.45, 7) is 2.66. The number of nitrogens with zero attached hydrogens (tertiary/aromatic N) is 1. The molecule has 1 aliphatic carbocycles. The molecule has 104 valence electrons. The van der Waals surface area contributed by atoms with Crippen LogP contribution in [-0.4, -0.2) is 35.4 Å². The van der Waals surface area contributed by atoms with Crippen LogP contribution < -0.4 is 4.90 Å². The first-order valence-electron chi connectivity index (χ1n) is 6.85. The highest BCUT2D eigenvalue weighted by molar-refractivity contribution is 5.88. The largest absolute Gasteiger partial charge is 0.478 e. The van der Waals surface area contributed by atoms with Crippen molar-refractivity contribution in [1.29, 1.82) is 0 Å². The molecule has 0 atom stereocenters. The zero-order chi connectivity index (χ0) is 13.8. The summed E-state index contributed by atoms with van der Waals surface area (Å²) in [5.74, 6) is -0.899. The topological polar surface area (TPSA) is 60.8 Å². The van der Waals surface area contributed by atoms with Crippen LogP contribution in [0.2, 0.25) is 0 Å². The third kappa shape index (κ3) is 3.07. The Balaban J connectivity index is 2.28. The van der Waals surface area contributed by atoms with Crippen molar-refractivity contribution in [2.24, 2.45) is 0 Å². The summed E-state index contributed by atoms with van der Waals surface area (Å²) in [4.78, 5) is 13.2. The molecule has 19 heavy (non-hydrogen) atoms. The molecule has 0 unspecified atom stereocenters. The van der Waals surface area contributed by atoms with Crippen LogP contribution >= 0.6 is 0 Å². The zero-order valence-electron chi connectivity index (χ0n) is 11.3. The maximum atomic E-state index is 11.0. The van der Waals surface area contributed by atoms with Crippen molar-refractivity contribution in [3.05, 3.63) is 29.3 Å². The van der Waals surface area contributed by atoms with Crippen LogP contribution in [0.5, 0.6) is 0 Å². The lowest BCUT2D eigenvalue weighted by Gasteiger charge is -2.32. The lowest BCUT2D eigenvalue weighted by molar-refractivity contribution is 0.0697. The van der Waals surface area contributed by atoms with Gasteiger partial charge in [0, 0.05) is 18.3 Å². The number of aliphatic hydroxyl groups is 1. The van der Waals surface area contributed by atoms with Crippen molar-refractivity contribution < 1.29 is 15.0 Å². The predicted octanol–water partition coefficient (Wildman–Crippen LogP) is 2.43. The molecule has 2 rings (SSSR count). The summed E-state index contributed by atoms with van der Waals surface area (Å²) in [5, 5.41) is 18.3. The summed E-state index contributed by atoms with van der Waals surface area (Å²) >= 11 is 0. The Morgan fingerprint density at radius 1 is 1.37 bits per heavy atom. The Labute approximate surface area is 113 Å². The predicted molar refractivity (Wildman–Crippen MR) is 74.8 cm³/mol. The number of rotatable bonds is 5. The van der Waals surface area contributed by atoms with E-state index in [0.29, 0.717) is 18.2 Å². The first-order valence-corrected chi connectivity index (χ1v) is 6.85. The summed E-state index contributed by atoms with van der Waals surface area (Å²) in [5.41, 5.74) is 2.32.